The van der Waals surface area contributed by atoms with Gasteiger partial charge in [-0.15, -0.1) is 0 Å². The van der Waals surface area contributed by atoms with E-state index in [1.54, 1.807) is 0 Å². The van der Waals surface area contributed by atoms with Gasteiger partial charge in [0.05, 0.1) is 19.3 Å². The van der Waals surface area contributed by atoms with Crippen LogP contribution in [0.3, 0.4) is 0 Å². The first-order valence-corrected chi connectivity index (χ1v) is 5.64. The van der Waals surface area contributed by atoms with Crippen LogP contribution in [0.4, 0.5) is 0 Å². The molecule has 16 heavy (non-hydrogen) atoms. The second-order valence-electron chi connectivity index (χ2n) is 4.05. The molecule has 0 aromatic heterocycles. The van der Waals surface area contributed by atoms with Gasteiger partial charge in [-0.05, 0) is 17.9 Å². The Morgan fingerprint density at radius 1 is 1.25 bits per heavy atom. The van der Waals surface area contributed by atoms with Crippen molar-refractivity contribution in [3.63, 3.8) is 0 Å². The zero-order chi connectivity index (χ0) is 11.8. The van der Waals surface area contributed by atoms with Gasteiger partial charge >= 0.3 is 0 Å². The van der Waals surface area contributed by atoms with Crippen LogP contribution in [0, 0.1) is 5.92 Å². The average molecular weight is 224 g/mol. The fraction of sp³-hybridized carbons (Fsp3) is 0.538. The molecule has 90 valence electrons. The van der Waals surface area contributed by atoms with Crippen LogP contribution in [-0.2, 0) is 11.3 Å². The minimum absolute atomic E-state index is 0.0702. The zero-order valence-corrected chi connectivity index (χ0v) is 9.67. The third kappa shape index (κ3) is 4.75. The van der Waals surface area contributed by atoms with Crippen molar-refractivity contribution in [1.29, 1.82) is 0 Å². The van der Waals surface area contributed by atoms with Gasteiger partial charge in [0, 0.05) is 6.61 Å². The Labute approximate surface area is 96.7 Å². The van der Waals surface area contributed by atoms with E-state index >= 15 is 0 Å². The Balaban J connectivity index is 2.13. The maximum Gasteiger partial charge on any atom is 0.0797 e. The van der Waals surface area contributed by atoms with E-state index < -0.39 is 6.10 Å². The third-order valence-corrected chi connectivity index (χ3v) is 2.67. The van der Waals surface area contributed by atoms with Crippen LogP contribution < -0.4 is 0 Å². The molecular formula is C13H20O3. The summed E-state index contributed by atoms with van der Waals surface area (Å²) in [6.45, 7) is 2.93. The first-order chi connectivity index (χ1) is 7.74. The monoisotopic (exact) mass is 224 g/mol. The maximum absolute atomic E-state index is 9.34. The molecule has 0 saturated heterocycles. The molecule has 0 aliphatic carbocycles. The molecule has 0 radical (unpaired) electrons. The summed E-state index contributed by atoms with van der Waals surface area (Å²) in [6.07, 6.45) is 0.120. The fourth-order valence-corrected chi connectivity index (χ4v) is 1.41. The summed E-state index contributed by atoms with van der Waals surface area (Å²) in [5.74, 6) is 0.0702. The number of benzene rings is 1. The van der Waals surface area contributed by atoms with Crippen LogP contribution in [0.15, 0.2) is 30.3 Å². The van der Waals surface area contributed by atoms with Crippen LogP contribution >= 0.6 is 0 Å². The highest BCUT2D eigenvalue weighted by Gasteiger charge is 2.12. The Bertz CT molecular complexity index is 274. The topological polar surface area (TPSA) is 49.7 Å². The Morgan fingerprint density at radius 2 is 1.94 bits per heavy atom. The molecule has 3 nitrogen and oxygen atoms in total. The van der Waals surface area contributed by atoms with Crippen molar-refractivity contribution in [1.82, 2.24) is 0 Å². The highest BCUT2D eigenvalue weighted by atomic mass is 16.5. The molecule has 0 aliphatic heterocycles. The van der Waals surface area contributed by atoms with E-state index in [2.05, 4.69) is 0 Å². The summed E-state index contributed by atoms with van der Waals surface area (Å²) < 4.78 is 5.49. The van der Waals surface area contributed by atoms with Gasteiger partial charge in [0.15, 0.2) is 0 Å². The van der Waals surface area contributed by atoms with E-state index in [9.17, 15) is 5.11 Å². The van der Waals surface area contributed by atoms with Gasteiger partial charge < -0.3 is 14.9 Å². The minimum Gasteiger partial charge on any atom is -0.394 e. The summed E-state index contributed by atoms with van der Waals surface area (Å²) in [4.78, 5) is 0. The molecule has 0 fully saturated rings. The van der Waals surface area contributed by atoms with Crippen molar-refractivity contribution in [3.05, 3.63) is 35.9 Å². The van der Waals surface area contributed by atoms with Gasteiger partial charge in [0.2, 0.25) is 0 Å². The summed E-state index contributed by atoms with van der Waals surface area (Å²) in [7, 11) is 0. The molecule has 1 aromatic rings. The number of rotatable bonds is 7. The van der Waals surface area contributed by atoms with Gasteiger partial charge in [0.25, 0.3) is 0 Å². The number of hydrogen-bond donors (Lipinski definition) is 2. The van der Waals surface area contributed by atoms with Crippen LogP contribution in [0.5, 0.6) is 0 Å². The number of ether oxygens (including phenoxy) is 1. The molecule has 0 unspecified atom stereocenters. The minimum atomic E-state index is -0.639. The van der Waals surface area contributed by atoms with Crippen molar-refractivity contribution >= 4 is 0 Å². The first-order valence-electron chi connectivity index (χ1n) is 5.64. The molecule has 1 rings (SSSR count). The maximum atomic E-state index is 9.34. The van der Waals surface area contributed by atoms with Crippen molar-refractivity contribution < 1.29 is 14.9 Å². The number of aliphatic hydroxyl groups excluding tert-OH is 2. The predicted octanol–water partition coefficient (Wildman–Crippen LogP) is 1.58. The highest BCUT2D eigenvalue weighted by Crippen LogP contribution is 2.08. The predicted molar refractivity (Wildman–Crippen MR) is 63.0 cm³/mol. The highest BCUT2D eigenvalue weighted by molar-refractivity contribution is 5.13. The molecule has 2 atom stereocenters. The van der Waals surface area contributed by atoms with Gasteiger partial charge in [-0.1, -0.05) is 37.3 Å². The van der Waals surface area contributed by atoms with E-state index in [1.807, 2.05) is 37.3 Å². The summed E-state index contributed by atoms with van der Waals surface area (Å²) in [6, 6.07) is 9.98. The zero-order valence-electron chi connectivity index (χ0n) is 9.67. The Hall–Kier alpha value is -0.900. The Kier molecular flexibility index (Phi) is 6.08. The van der Waals surface area contributed by atoms with Crippen LogP contribution in [0.1, 0.15) is 18.9 Å². The quantitative estimate of drug-likeness (QED) is 0.691. The van der Waals surface area contributed by atoms with Gasteiger partial charge in [-0.2, -0.15) is 0 Å². The second kappa shape index (κ2) is 7.39. The summed E-state index contributed by atoms with van der Waals surface area (Å²) >= 11 is 0. The lowest BCUT2D eigenvalue weighted by molar-refractivity contribution is 0.0314. The fourth-order valence-electron chi connectivity index (χ4n) is 1.41. The third-order valence-electron chi connectivity index (χ3n) is 2.67. The molecule has 0 bridgehead atoms. The molecular weight excluding hydrogens is 204 g/mol. The average Bonchev–Trinajstić information content (AvgIpc) is 2.34. The van der Waals surface area contributed by atoms with E-state index in [1.165, 1.54) is 0 Å². The van der Waals surface area contributed by atoms with Gasteiger partial charge in [0.1, 0.15) is 0 Å². The standard InChI is InChI=1S/C13H20O3/c1-11(13(15)9-14)7-8-16-10-12-5-3-2-4-6-12/h2-6,11,13-15H,7-10H2,1H3/t11-,13-/m0/s1. The normalized spacial score (nSPS) is 14.7. The van der Waals surface area contributed by atoms with Crippen LogP contribution in [0.25, 0.3) is 0 Å². The van der Waals surface area contributed by atoms with Crippen molar-refractivity contribution in [3.8, 4) is 0 Å². The van der Waals surface area contributed by atoms with Gasteiger partial charge in [-0.3, -0.25) is 0 Å². The molecule has 0 amide bonds. The lowest BCUT2D eigenvalue weighted by atomic mass is 10.0. The number of aliphatic hydroxyl groups is 2. The van der Waals surface area contributed by atoms with Crippen LogP contribution in [0.2, 0.25) is 0 Å². The molecule has 1 aromatic carbocycles. The van der Waals surface area contributed by atoms with Crippen molar-refractivity contribution in [2.24, 2.45) is 5.92 Å². The molecule has 0 aliphatic rings. The number of hydrogen-bond acceptors (Lipinski definition) is 3. The summed E-state index contributed by atoms with van der Waals surface area (Å²) in [5.41, 5.74) is 1.15. The molecule has 0 heterocycles. The van der Waals surface area contributed by atoms with E-state index in [0.717, 1.165) is 12.0 Å². The van der Waals surface area contributed by atoms with Crippen LogP contribution in [-0.4, -0.2) is 29.5 Å². The largest absolute Gasteiger partial charge is 0.394 e. The lowest BCUT2D eigenvalue weighted by Crippen LogP contribution is -2.22. The van der Waals surface area contributed by atoms with Crippen molar-refractivity contribution in [2.75, 3.05) is 13.2 Å². The molecule has 2 N–H and O–H groups in total. The second-order valence-corrected chi connectivity index (χ2v) is 4.05. The lowest BCUT2D eigenvalue weighted by Gasteiger charge is -2.16. The molecule has 0 spiro atoms. The van der Waals surface area contributed by atoms with E-state index in [4.69, 9.17) is 9.84 Å². The summed E-state index contributed by atoms with van der Waals surface area (Å²) in [5, 5.41) is 18.1. The molecule has 0 saturated carbocycles. The first kappa shape index (κ1) is 13.2. The van der Waals surface area contributed by atoms with E-state index in [-0.39, 0.29) is 12.5 Å². The smallest absolute Gasteiger partial charge is 0.0797 e. The van der Waals surface area contributed by atoms with E-state index in [0.29, 0.717) is 13.2 Å². The van der Waals surface area contributed by atoms with Crippen molar-refractivity contribution in [2.45, 2.75) is 26.1 Å². The molecule has 3 heteroatoms. The van der Waals surface area contributed by atoms with Gasteiger partial charge in [-0.25, -0.2) is 0 Å². The SMILES string of the molecule is C[C@@H](CCOCc1ccccc1)[C@@H](O)CO. The Morgan fingerprint density at radius 3 is 2.56 bits per heavy atom.